The lowest BCUT2D eigenvalue weighted by Gasteiger charge is -2.01. The van der Waals surface area contributed by atoms with Gasteiger partial charge in [-0.3, -0.25) is 4.79 Å². The third kappa shape index (κ3) is 4.81. The van der Waals surface area contributed by atoms with Crippen molar-refractivity contribution in [1.82, 2.24) is 5.32 Å². The minimum absolute atomic E-state index is 0.232. The molecule has 2 aromatic carbocycles. The van der Waals surface area contributed by atoms with Gasteiger partial charge in [-0.05, 0) is 49.1 Å². The highest BCUT2D eigenvalue weighted by molar-refractivity contribution is 5.94. The van der Waals surface area contributed by atoms with Gasteiger partial charge in [-0.1, -0.05) is 42.3 Å². The van der Waals surface area contributed by atoms with Crippen LogP contribution in [0.5, 0.6) is 0 Å². The van der Waals surface area contributed by atoms with Gasteiger partial charge in [0.2, 0.25) is 0 Å². The maximum Gasteiger partial charge on any atom is 0.296 e. The van der Waals surface area contributed by atoms with Crippen LogP contribution >= 0.6 is 0 Å². The summed E-state index contributed by atoms with van der Waals surface area (Å²) in [7, 11) is 0. The van der Waals surface area contributed by atoms with Gasteiger partial charge >= 0.3 is 0 Å². The third-order valence-electron chi connectivity index (χ3n) is 3.37. The average Bonchev–Trinajstić information content (AvgIpc) is 2.49. The van der Waals surface area contributed by atoms with E-state index in [-0.39, 0.29) is 5.91 Å². The van der Waals surface area contributed by atoms with Crippen LogP contribution < -0.4 is 5.32 Å². The molecule has 0 aromatic heterocycles. The van der Waals surface area contributed by atoms with Crippen LogP contribution in [-0.2, 0) is 11.2 Å². The first-order valence-electron chi connectivity index (χ1n) is 7.06. The molecule has 2 heteroatoms. The summed E-state index contributed by atoms with van der Waals surface area (Å²) < 4.78 is 0. The lowest BCUT2D eigenvalue weighted by molar-refractivity contribution is -0.115. The maximum atomic E-state index is 11.7. The van der Waals surface area contributed by atoms with Crippen molar-refractivity contribution in [3.63, 3.8) is 0 Å². The molecule has 0 saturated carbocycles. The predicted octanol–water partition coefficient (Wildman–Crippen LogP) is 3.01. The molecule has 2 rings (SSSR count). The number of hydrogen-bond acceptors (Lipinski definition) is 1. The molecule has 0 aliphatic rings. The topological polar surface area (TPSA) is 29.1 Å². The van der Waals surface area contributed by atoms with Crippen LogP contribution in [0.4, 0.5) is 0 Å². The summed E-state index contributed by atoms with van der Waals surface area (Å²) in [6.45, 7) is 4.70. The highest BCUT2D eigenvalue weighted by Crippen LogP contribution is 2.08. The molecule has 21 heavy (non-hydrogen) atoms. The van der Waals surface area contributed by atoms with Crippen LogP contribution in [0.25, 0.3) is 0 Å². The molecule has 0 aliphatic carbocycles. The van der Waals surface area contributed by atoms with E-state index in [1.807, 2.05) is 55.5 Å². The molecule has 2 aromatic rings. The zero-order valence-corrected chi connectivity index (χ0v) is 12.4. The van der Waals surface area contributed by atoms with Crippen LogP contribution in [-0.4, -0.2) is 12.5 Å². The minimum atomic E-state index is -0.232. The van der Waals surface area contributed by atoms with Gasteiger partial charge < -0.3 is 5.32 Å². The molecule has 0 radical (unpaired) electrons. The normalized spacial score (nSPS) is 9.62. The summed E-state index contributed by atoms with van der Waals surface area (Å²) in [5, 5.41) is 2.81. The van der Waals surface area contributed by atoms with Gasteiger partial charge in [-0.25, -0.2) is 0 Å². The number of hydrogen-bond donors (Lipinski definition) is 1. The molecule has 106 valence electrons. The lowest BCUT2D eigenvalue weighted by atomic mass is 10.1. The Morgan fingerprint density at radius 2 is 1.81 bits per heavy atom. The van der Waals surface area contributed by atoms with E-state index in [1.165, 1.54) is 16.7 Å². The first-order chi connectivity index (χ1) is 10.1. The number of carbonyl (C=O) groups is 1. The van der Waals surface area contributed by atoms with Gasteiger partial charge in [0.15, 0.2) is 0 Å². The molecular weight excluding hydrogens is 258 g/mol. The van der Waals surface area contributed by atoms with E-state index in [4.69, 9.17) is 0 Å². The second-order valence-electron chi connectivity index (χ2n) is 5.04. The van der Waals surface area contributed by atoms with Gasteiger partial charge in [-0.2, -0.15) is 0 Å². The van der Waals surface area contributed by atoms with Gasteiger partial charge in [0.1, 0.15) is 0 Å². The molecule has 0 saturated heterocycles. The quantitative estimate of drug-likeness (QED) is 0.859. The number of nitrogens with one attached hydrogen (secondary N) is 1. The van der Waals surface area contributed by atoms with Crippen LogP contribution in [0.1, 0.15) is 22.3 Å². The van der Waals surface area contributed by atoms with Crippen molar-refractivity contribution in [1.29, 1.82) is 0 Å². The fraction of sp³-hybridized carbons (Fsp3) is 0.211. The largest absolute Gasteiger partial charge is 0.345 e. The predicted molar refractivity (Wildman–Crippen MR) is 85.9 cm³/mol. The van der Waals surface area contributed by atoms with Crippen molar-refractivity contribution >= 4 is 5.91 Å². The summed E-state index contributed by atoms with van der Waals surface area (Å²) in [6.07, 6.45) is 0.817. The SMILES string of the molecule is Cc1ccc(C#CC(=O)NCCc2ccccc2)cc1C. The smallest absolute Gasteiger partial charge is 0.296 e. The molecule has 1 amide bonds. The molecule has 1 N–H and O–H groups in total. The molecule has 0 aliphatic heterocycles. The van der Waals surface area contributed by atoms with Crippen molar-refractivity contribution in [2.24, 2.45) is 0 Å². The Kier molecular flexibility index (Phi) is 5.17. The third-order valence-corrected chi connectivity index (χ3v) is 3.37. The van der Waals surface area contributed by atoms with Crippen molar-refractivity contribution < 1.29 is 4.79 Å². The summed E-state index contributed by atoms with van der Waals surface area (Å²) in [5.41, 5.74) is 4.50. The molecule has 2 nitrogen and oxygen atoms in total. The number of rotatable bonds is 3. The van der Waals surface area contributed by atoms with Crippen LogP contribution in [0, 0.1) is 25.7 Å². The fourth-order valence-corrected chi connectivity index (χ4v) is 1.96. The first kappa shape index (κ1) is 14.9. The highest BCUT2D eigenvalue weighted by atomic mass is 16.1. The molecule has 0 fully saturated rings. The van der Waals surface area contributed by atoms with Crippen LogP contribution in [0.15, 0.2) is 48.5 Å². The first-order valence-corrected chi connectivity index (χ1v) is 7.06. The summed E-state index contributed by atoms with van der Waals surface area (Å²) >= 11 is 0. The highest BCUT2D eigenvalue weighted by Gasteiger charge is 1.97. The Morgan fingerprint density at radius 1 is 1.05 bits per heavy atom. The Labute approximate surface area is 126 Å². The Bertz CT molecular complexity index is 678. The van der Waals surface area contributed by atoms with Crippen molar-refractivity contribution in [3.05, 3.63) is 70.8 Å². The van der Waals surface area contributed by atoms with Gasteiger partial charge in [0.05, 0.1) is 0 Å². The Balaban J connectivity index is 1.85. The van der Waals surface area contributed by atoms with Crippen LogP contribution in [0.2, 0.25) is 0 Å². The number of carbonyl (C=O) groups excluding carboxylic acids is 1. The van der Waals surface area contributed by atoms with E-state index < -0.39 is 0 Å². The molecule has 0 spiro atoms. The van der Waals surface area contributed by atoms with E-state index in [2.05, 4.69) is 24.1 Å². The van der Waals surface area contributed by atoms with Crippen molar-refractivity contribution in [2.45, 2.75) is 20.3 Å². The van der Waals surface area contributed by atoms with E-state index in [9.17, 15) is 4.79 Å². The fourth-order valence-electron chi connectivity index (χ4n) is 1.96. The summed E-state index contributed by atoms with van der Waals surface area (Å²) in [6, 6.07) is 16.0. The van der Waals surface area contributed by atoms with Crippen molar-refractivity contribution in [3.8, 4) is 11.8 Å². The second-order valence-corrected chi connectivity index (χ2v) is 5.04. The Morgan fingerprint density at radius 3 is 2.52 bits per heavy atom. The number of amides is 1. The zero-order chi connectivity index (χ0) is 15.1. The van der Waals surface area contributed by atoms with E-state index >= 15 is 0 Å². The number of benzene rings is 2. The van der Waals surface area contributed by atoms with E-state index in [0.717, 1.165) is 12.0 Å². The van der Waals surface area contributed by atoms with Gasteiger partial charge in [0, 0.05) is 18.0 Å². The monoisotopic (exact) mass is 277 g/mol. The molecule has 0 bridgehead atoms. The lowest BCUT2D eigenvalue weighted by Crippen LogP contribution is -2.23. The van der Waals surface area contributed by atoms with Crippen molar-refractivity contribution in [2.75, 3.05) is 6.54 Å². The Hall–Kier alpha value is -2.53. The maximum absolute atomic E-state index is 11.7. The standard InChI is InChI=1S/C19H19NO/c1-15-8-9-18(14-16(15)2)10-11-19(21)20-13-12-17-6-4-3-5-7-17/h3-9,14H,12-13H2,1-2H3,(H,20,21). The molecule has 0 unspecified atom stereocenters. The molecular formula is C19H19NO. The van der Waals surface area contributed by atoms with Gasteiger partial charge in [-0.15, -0.1) is 0 Å². The zero-order valence-electron chi connectivity index (χ0n) is 12.4. The minimum Gasteiger partial charge on any atom is -0.345 e. The molecule has 0 atom stereocenters. The summed E-state index contributed by atoms with van der Waals surface area (Å²) in [4.78, 5) is 11.7. The summed E-state index contributed by atoms with van der Waals surface area (Å²) in [5.74, 6) is 5.30. The van der Waals surface area contributed by atoms with Crippen LogP contribution in [0.3, 0.4) is 0 Å². The second kappa shape index (κ2) is 7.31. The molecule has 0 heterocycles. The van der Waals surface area contributed by atoms with E-state index in [0.29, 0.717) is 6.54 Å². The van der Waals surface area contributed by atoms with Gasteiger partial charge in [0.25, 0.3) is 5.91 Å². The van der Waals surface area contributed by atoms with E-state index in [1.54, 1.807) is 0 Å². The average molecular weight is 277 g/mol. The number of aryl methyl sites for hydroxylation is 2.